The van der Waals surface area contributed by atoms with E-state index in [2.05, 4.69) is 48.6 Å². The van der Waals surface area contributed by atoms with Crippen molar-refractivity contribution in [1.29, 1.82) is 0 Å². The number of pyridine rings is 2. The fourth-order valence-corrected chi connectivity index (χ4v) is 3.52. The van der Waals surface area contributed by atoms with Crippen LogP contribution in [-0.4, -0.2) is 46.3 Å². The molecule has 1 aliphatic rings. The molecule has 4 heterocycles. The minimum absolute atomic E-state index is 0.120. The van der Waals surface area contributed by atoms with E-state index in [1.807, 2.05) is 0 Å². The van der Waals surface area contributed by atoms with Crippen LogP contribution in [0.2, 0.25) is 0 Å². The van der Waals surface area contributed by atoms with Crippen LogP contribution in [-0.2, 0) is 0 Å². The topological polar surface area (TPSA) is 89.7 Å². The minimum atomic E-state index is -0.120. The van der Waals surface area contributed by atoms with Crippen molar-refractivity contribution in [2.24, 2.45) is 0 Å². The molecule has 7 nitrogen and oxygen atoms in total. The molecule has 0 bridgehead atoms. The highest BCUT2D eigenvalue weighted by molar-refractivity contribution is 6.17. The Kier molecular flexibility index (Phi) is 2.83. The molecule has 1 aromatic carbocycles. The molecule has 0 atom stereocenters. The predicted molar refractivity (Wildman–Crippen MR) is 94.6 cm³/mol. The number of nitrogens with one attached hydrogen (secondary N) is 3. The summed E-state index contributed by atoms with van der Waals surface area (Å²) in [5.74, 6) is 0. The summed E-state index contributed by atoms with van der Waals surface area (Å²) in [6.07, 6.45) is 3.34. The molecule has 120 valence electrons. The van der Waals surface area contributed by atoms with Crippen molar-refractivity contribution in [2.45, 2.75) is 0 Å². The standard InChI is InChI=1S/C17H16N6O/c24-17-13-8-19-16-12(9-20-22-16)15(13)11-2-1-10(7-14(11)21-17)23-5-3-18-4-6-23/h1-2,7-9,18H,3-6H2,(H,21,24)(H,19,20,22). The first-order valence-corrected chi connectivity index (χ1v) is 8.05. The number of hydrogen-bond donors (Lipinski definition) is 3. The smallest absolute Gasteiger partial charge is 0.257 e. The van der Waals surface area contributed by atoms with Gasteiger partial charge in [0.2, 0.25) is 0 Å². The third-order valence-electron chi connectivity index (χ3n) is 4.73. The summed E-state index contributed by atoms with van der Waals surface area (Å²) in [6.45, 7) is 3.90. The Labute approximate surface area is 136 Å². The lowest BCUT2D eigenvalue weighted by atomic mass is 10.0. The van der Waals surface area contributed by atoms with Crippen LogP contribution < -0.4 is 15.8 Å². The average molecular weight is 320 g/mol. The molecule has 4 aromatic rings. The zero-order valence-electron chi connectivity index (χ0n) is 13.0. The molecule has 0 amide bonds. The van der Waals surface area contributed by atoms with E-state index in [0.717, 1.165) is 53.5 Å². The number of benzene rings is 1. The number of piperazine rings is 1. The molecular formula is C17H16N6O. The Bertz CT molecular complexity index is 1120. The van der Waals surface area contributed by atoms with Crippen LogP contribution in [0.4, 0.5) is 5.69 Å². The lowest BCUT2D eigenvalue weighted by Gasteiger charge is -2.29. The molecule has 1 fully saturated rings. The lowest BCUT2D eigenvalue weighted by Crippen LogP contribution is -2.43. The van der Waals surface area contributed by atoms with Gasteiger partial charge in [0.25, 0.3) is 5.56 Å². The molecule has 0 saturated carbocycles. The van der Waals surface area contributed by atoms with E-state index < -0.39 is 0 Å². The van der Waals surface area contributed by atoms with Gasteiger partial charge in [0.05, 0.1) is 17.1 Å². The van der Waals surface area contributed by atoms with Gasteiger partial charge in [0.1, 0.15) is 0 Å². The molecule has 3 aromatic heterocycles. The van der Waals surface area contributed by atoms with Crippen LogP contribution in [0, 0.1) is 0 Å². The van der Waals surface area contributed by atoms with Crippen molar-refractivity contribution in [1.82, 2.24) is 25.5 Å². The highest BCUT2D eigenvalue weighted by Gasteiger charge is 2.14. The van der Waals surface area contributed by atoms with Gasteiger partial charge in [-0.2, -0.15) is 5.10 Å². The molecule has 24 heavy (non-hydrogen) atoms. The minimum Gasteiger partial charge on any atom is -0.369 e. The van der Waals surface area contributed by atoms with Crippen molar-refractivity contribution in [3.63, 3.8) is 0 Å². The second-order valence-corrected chi connectivity index (χ2v) is 6.10. The lowest BCUT2D eigenvalue weighted by molar-refractivity contribution is 0.589. The summed E-state index contributed by atoms with van der Waals surface area (Å²) in [5, 5.41) is 13.7. The first kappa shape index (κ1) is 13.5. The number of hydrogen-bond acceptors (Lipinski definition) is 5. The Morgan fingerprint density at radius 3 is 2.79 bits per heavy atom. The molecule has 0 spiro atoms. The predicted octanol–water partition coefficient (Wildman–Crippen LogP) is 1.36. The van der Waals surface area contributed by atoms with Crippen molar-refractivity contribution >= 4 is 38.4 Å². The van der Waals surface area contributed by atoms with Gasteiger partial charge in [-0.15, -0.1) is 0 Å². The van der Waals surface area contributed by atoms with Crippen molar-refractivity contribution < 1.29 is 0 Å². The number of aromatic nitrogens is 4. The number of rotatable bonds is 1. The van der Waals surface area contributed by atoms with E-state index in [9.17, 15) is 4.79 Å². The van der Waals surface area contributed by atoms with Crippen LogP contribution in [0.1, 0.15) is 0 Å². The fraction of sp³-hybridized carbons (Fsp3) is 0.235. The van der Waals surface area contributed by atoms with E-state index in [1.54, 1.807) is 12.4 Å². The number of H-pyrrole nitrogens is 2. The number of nitrogens with zero attached hydrogens (tertiary/aromatic N) is 3. The number of fused-ring (bicyclic) bond motifs is 5. The van der Waals surface area contributed by atoms with Gasteiger partial charge in [0.15, 0.2) is 5.65 Å². The SMILES string of the molecule is O=c1[nH]c2cc(N3CCNCC3)ccc2c2c1cnc1[nH]ncc12. The average Bonchev–Trinajstić information content (AvgIpc) is 3.11. The Balaban J connectivity index is 1.81. The van der Waals surface area contributed by atoms with Gasteiger partial charge in [-0.25, -0.2) is 4.98 Å². The number of anilines is 1. The van der Waals surface area contributed by atoms with E-state index >= 15 is 0 Å². The first-order valence-electron chi connectivity index (χ1n) is 8.05. The van der Waals surface area contributed by atoms with Crippen LogP contribution >= 0.6 is 0 Å². The van der Waals surface area contributed by atoms with Crippen molar-refractivity contribution in [3.05, 3.63) is 40.9 Å². The fourth-order valence-electron chi connectivity index (χ4n) is 3.52. The summed E-state index contributed by atoms with van der Waals surface area (Å²) in [4.78, 5) is 22.1. The molecule has 0 unspecified atom stereocenters. The van der Waals surface area contributed by atoms with Gasteiger partial charge in [-0.1, -0.05) is 6.07 Å². The monoisotopic (exact) mass is 320 g/mol. The third-order valence-corrected chi connectivity index (χ3v) is 4.73. The van der Waals surface area contributed by atoms with Gasteiger partial charge < -0.3 is 15.2 Å². The largest absolute Gasteiger partial charge is 0.369 e. The summed E-state index contributed by atoms with van der Waals surface area (Å²) < 4.78 is 0. The quantitative estimate of drug-likeness (QED) is 0.461. The van der Waals surface area contributed by atoms with Crippen LogP contribution in [0.15, 0.2) is 35.4 Å². The Morgan fingerprint density at radius 1 is 1.04 bits per heavy atom. The number of aromatic amines is 2. The summed E-state index contributed by atoms with van der Waals surface area (Å²) >= 11 is 0. The van der Waals surface area contributed by atoms with E-state index in [4.69, 9.17) is 0 Å². The molecule has 5 rings (SSSR count). The molecule has 0 aliphatic carbocycles. The Morgan fingerprint density at radius 2 is 1.92 bits per heavy atom. The zero-order chi connectivity index (χ0) is 16.1. The summed E-state index contributed by atoms with van der Waals surface area (Å²) in [6, 6.07) is 6.27. The molecular weight excluding hydrogens is 304 g/mol. The molecule has 1 saturated heterocycles. The first-order chi connectivity index (χ1) is 11.8. The van der Waals surface area contributed by atoms with Gasteiger partial charge in [0, 0.05) is 54.2 Å². The van der Waals surface area contributed by atoms with Crippen molar-refractivity contribution in [3.8, 4) is 0 Å². The zero-order valence-corrected chi connectivity index (χ0v) is 13.0. The maximum atomic E-state index is 12.5. The normalized spacial score (nSPS) is 15.6. The van der Waals surface area contributed by atoms with Gasteiger partial charge in [-0.05, 0) is 12.1 Å². The van der Waals surface area contributed by atoms with Crippen LogP contribution in [0.25, 0.3) is 32.7 Å². The van der Waals surface area contributed by atoms with Crippen LogP contribution in [0.3, 0.4) is 0 Å². The second kappa shape index (κ2) is 5.04. The van der Waals surface area contributed by atoms with Gasteiger partial charge >= 0.3 is 0 Å². The third kappa shape index (κ3) is 1.91. The maximum Gasteiger partial charge on any atom is 0.257 e. The molecule has 0 radical (unpaired) electrons. The van der Waals surface area contributed by atoms with E-state index in [1.165, 1.54) is 0 Å². The molecule has 7 heteroatoms. The molecule has 1 aliphatic heterocycles. The maximum absolute atomic E-state index is 12.5. The van der Waals surface area contributed by atoms with E-state index in [-0.39, 0.29) is 5.56 Å². The summed E-state index contributed by atoms with van der Waals surface area (Å²) in [7, 11) is 0. The van der Waals surface area contributed by atoms with Crippen LogP contribution in [0.5, 0.6) is 0 Å². The van der Waals surface area contributed by atoms with Crippen molar-refractivity contribution in [2.75, 3.05) is 31.1 Å². The van der Waals surface area contributed by atoms with Gasteiger partial charge in [-0.3, -0.25) is 9.89 Å². The Hall–Kier alpha value is -2.93. The second-order valence-electron chi connectivity index (χ2n) is 6.10. The summed E-state index contributed by atoms with van der Waals surface area (Å²) in [5.41, 5.74) is 2.56. The van der Waals surface area contributed by atoms with E-state index in [0.29, 0.717) is 11.0 Å². The molecule has 3 N–H and O–H groups in total. The highest BCUT2D eigenvalue weighted by Crippen LogP contribution is 2.29. The highest BCUT2D eigenvalue weighted by atomic mass is 16.1.